The van der Waals surface area contributed by atoms with E-state index >= 15 is 0 Å². The van der Waals surface area contributed by atoms with Crippen molar-refractivity contribution in [3.05, 3.63) is 70.8 Å². The molecule has 0 saturated carbocycles. The molecule has 1 aliphatic heterocycles. The van der Waals surface area contributed by atoms with Gasteiger partial charge < -0.3 is 20.1 Å². The molecule has 0 radical (unpaired) electrons. The van der Waals surface area contributed by atoms with Crippen molar-refractivity contribution in [2.24, 2.45) is 4.99 Å². The summed E-state index contributed by atoms with van der Waals surface area (Å²) in [5, 5.41) is 6.38. The first-order valence-electron chi connectivity index (χ1n) is 10.3. The molecule has 170 valence electrons. The number of halogens is 3. The van der Waals surface area contributed by atoms with Crippen LogP contribution >= 0.6 is 24.0 Å². The van der Waals surface area contributed by atoms with Crippen LogP contribution in [0.25, 0.3) is 0 Å². The van der Waals surface area contributed by atoms with Crippen LogP contribution in [0.5, 0.6) is 0 Å². The highest BCUT2D eigenvalue weighted by atomic mass is 127. The summed E-state index contributed by atoms with van der Waals surface area (Å²) in [4.78, 5) is 4.18. The van der Waals surface area contributed by atoms with Crippen molar-refractivity contribution in [2.75, 3.05) is 26.8 Å². The van der Waals surface area contributed by atoms with E-state index in [2.05, 4.69) is 27.8 Å². The highest BCUT2D eigenvalue weighted by Gasteiger charge is 2.14. The van der Waals surface area contributed by atoms with Gasteiger partial charge in [-0.15, -0.1) is 24.0 Å². The van der Waals surface area contributed by atoms with Gasteiger partial charge in [-0.1, -0.05) is 24.3 Å². The van der Waals surface area contributed by atoms with E-state index in [4.69, 9.17) is 9.47 Å². The molecule has 1 saturated heterocycles. The number of nitrogens with zero attached hydrogens (tertiary/aromatic N) is 1. The Balaban J connectivity index is 0.00000341. The lowest BCUT2D eigenvalue weighted by atomic mass is 10.1. The molecule has 0 amide bonds. The highest BCUT2D eigenvalue weighted by molar-refractivity contribution is 14.0. The third-order valence-electron chi connectivity index (χ3n) is 5.02. The molecular formula is C23H30F2IN3O2. The minimum atomic E-state index is -0.436. The van der Waals surface area contributed by atoms with E-state index in [9.17, 15) is 8.78 Å². The lowest BCUT2D eigenvalue weighted by Crippen LogP contribution is -2.37. The first kappa shape index (κ1) is 25.5. The van der Waals surface area contributed by atoms with Gasteiger partial charge in [0.2, 0.25) is 0 Å². The maximum Gasteiger partial charge on any atom is 0.191 e. The van der Waals surface area contributed by atoms with Crippen LogP contribution in [0.1, 0.15) is 29.5 Å². The molecule has 2 aromatic carbocycles. The number of hydrogen-bond donors (Lipinski definition) is 2. The van der Waals surface area contributed by atoms with Crippen molar-refractivity contribution in [2.45, 2.75) is 38.5 Å². The van der Waals surface area contributed by atoms with Crippen molar-refractivity contribution in [3.8, 4) is 0 Å². The summed E-state index contributed by atoms with van der Waals surface area (Å²) < 4.78 is 38.3. The summed E-state index contributed by atoms with van der Waals surface area (Å²) in [5.74, 6) is -0.230. The van der Waals surface area contributed by atoms with Crippen LogP contribution in [0.3, 0.4) is 0 Å². The van der Waals surface area contributed by atoms with E-state index in [-0.39, 0.29) is 30.1 Å². The molecule has 1 aliphatic rings. The van der Waals surface area contributed by atoms with Crippen LogP contribution < -0.4 is 10.6 Å². The number of nitrogens with one attached hydrogen (secondary N) is 2. The maximum absolute atomic E-state index is 13.7. The summed E-state index contributed by atoms with van der Waals surface area (Å²) in [5.41, 5.74) is 2.59. The lowest BCUT2D eigenvalue weighted by Gasteiger charge is -2.22. The summed E-state index contributed by atoms with van der Waals surface area (Å²) >= 11 is 0. The number of rotatable bonds is 8. The minimum absolute atomic E-state index is 0. The number of aliphatic imine (C=N–C) groups is 1. The quantitative estimate of drug-likeness (QED) is 0.297. The molecule has 5 nitrogen and oxygen atoms in total. The maximum atomic E-state index is 13.7. The van der Waals surface area contributed by atoms with Crippen LogP contribution in [0, 0.1) is 11.6 Å². The molecule has 0 unspecified atom stereocenters. The monoisotopic (exact) mass is 545 g/mol. The predicted molar refractivity (Wildman–Crippen MR) is 129 cm³/mol. The summed E-state index contributed by atoms with van der Waals surface area (Å²) in [7, 11) is 1.68. The second-order valence-corrected chi connectivity index (χ2v) is 7.28. The number of guanidine groups is 1. The van der Waals surface area contributed by atoms with Crippen LogP contribution in [0.2, 0.25) is 0 Å². The topological polar surface area (TPSA) is 54.9 Å². The zero-order valence-electron chi connectivity index (χ0n) is 17.7. The van der Waals surface area contributed by atoms with Crippen molar-refractivity contribution in [1.29, 1.82) is 0 Å². The Morgan fingerprint density at radius 3 is 2.65 bits per heavy atom. The molecule has 0 aromatic heterocycles. The van der Waals surface area contributed by atoms with Gasteiger partial charge >= 0.3 is 0 Å². The Labute approximate surface area is 199 Å². The zero-order chi connectivity index (χ0) is 21.2. The summed E-state index contributed by atoms with van der Waals surface area (Å²) in [6, 6.07) is 11.7. The summed E-state index contributed by atoms with van der Waals surface area (Å²) in [6.45, 7) is 3.17. The van der Waals surface area contributed by atoms with Gasteiger partial charge in [0.05, 0.1) is 12.7 Å². The highest BCUT2D eigenvalue weighted by Crippen LogP contribution is 2.14. The van der Waals surface area contributed by atoms with Gasteiger partial charge in [0, 0.05) is 33.4 Å². The van der Waals surface area contributed by atoms with Gasteiger partial charge in [-0.2, -0.15) is 0 Å². The molecule has 1 fully saturated rings. The van der Waals surface area contributed by atoms with E-state index in [0.29, 0.717) is 37.6 Å². The summed E-state index contributed by atoms with van der Waals surface area (Å²) in [6.07, 6.45) is 2.53. The number of benzene rings is 2. The molecule has 0 aliphatic carbocycles. The zero-order valence-corrected chi connectivity index (χ0v) is 20.0. The van der Waals surface area contributed by atoms with Crippen molar-refractivity contribution in [3.63, 3.8) is 0 Å². The molecule has 0 bridgehead atoms. The minimum Gasteiger partial charge on any atom is -0.381 e. The molecule has 8 heteroatoms. The van der Waals surface area contributed by atoms with Gasteiger partial charge in [0.15, 0.2) is 5.96 Å². The molecule has 3 rings (SSSR count). The van der Waals surface area contributed by atoms with Gasteiger partial charge in [-0.05, 0) is 54.2 Å². The Morgan fingerprint density at radius 1 is 1.10 bits per heavy atom. The van der Waals surface area contributed by atoms with Crippen molar-refractivity contribution in [1.82, 2.24) is 10.6 Å². The fraction of sp³-hybridized carbons (Fsp3) is 0.435. The Morgan fingerprint density at radius 2 is 1.87 bits per heavy atom. The van der Waals surface area contributed by atoms with Crippen molar-refractivity contribution >= 4 is 29.9 Å². The average molecular weight is 545 g/mol. The third-order valence-corrected chi connectivity index (χ3v) is 5.02. The SMILES string of the molecule is CN=C(NCCc1cc(F)ccc1F)NCc1cccc(COC2CCOCC2)c1.I. The van der Waals surface area contributed by atoms with Crippen molar-refractivity contribution < 1.29 is 18.3 Å². The first-order chi connectivity index (χ1) is 14.6. The van der Waals surface area contributed by atoms with E-state index in [1.807, 2.05) is 12.1 Å². The number of hydrogen-bond acceptors (Lipinski definition) is 3. The largest absolute Gasteiger partial charge is 0.381 e. The fourth-order valence-corrected chi connectivity index (χ4v) is 3.34. The van der Waals surface area contributed by atoms with Crippen LogP contribution in [0.15, 0.2) is 47.5 Å². The van der Waals surface area contributed by atoms with Crippen LogP contribution in [0.4, 0.5) is 8.78 Å². The Hall–Kier alpha value is -1.78. The molecule has 2 aromatic rings. The van der Waals surface area contributed by atoms with E-state index in [1.165, 1.54) is 6.07 Å². The van der Waals surface area contributed by atoms with Gasteiger partial charge in [-0.3, -0.25) is 4.99 Å². The average Bonchev–Trinajstić information content (AvgIpc) is 2.78. The van der Waals surface area contributed by atoms with E-state index in [1.54, 1.807) is 7.05 Å². The smallest absolute Gasteiger partial charge is 0.191 e. The standard InChI is InChI=1S/C23H29F2N3O2.HI/c1-26-23(27-10-7-19-14-20(24)5-6-22(19)25)28-15-17-3-2-4-18(13-17)16-30-21-8-11-29-12-9-21;/h2-6,13-14,21H,7-12,15-16H2,1H3,(H2,26,27,28);1H. The van der Waals surface area contributed by atoms with E-state index in [0.717, 1.165) is 49.3 Å². The second kappa shape index (κ2) is 13.6. The normalized spacial score (nSPS) is 14.7. The van der Waals surface area contributed by atoms with Crippen LogP contribution in [-0.4, -0.2) is 38.9 Å². The van der Waals surface area contributed by atoms with Crippen LogP contribution in [-0.2, 0) is 29.0 Å². The third kappa shape index (κ3) is 8.70. The molecule has 1 heterocycles. The molecule has 2 N–H and O–H groups in total. The van der Waals surface area contributed by atoms with Gasteiger partial charge in [-0.25, -0.2) is 8.78 Å². The number of ether oxygens (including phenoxy) is 2. The Bertz CT molecular complexity index is 845. The fourth-order valence-electron chi connectivity index (χ4n) is 3.34. The lowest BCUT2D eigenvalue weighted by molar-refractivity contribution is -0.0390. The molecule has 31 heavy (non-hydrogen) atoms. The molecule has 0 atom stereocenters. The predicted octanol–water partition coefficient (Wildman–Crippen LogP) is 4.19. The van der Waals surface area contributed by atoms with E-state index < -0.39 is 11.6 Å². The Kier molecular flexibility index (Phi) is 11.2. The molecular weight excluding hydrogens is 515 g/mol. The molecule has 0 spiro atoms. The van der Waals surface area contributed by atoms with Gasteiger partial charge in [0.1, 0.15) is 11.6 Å². The van der Waals surface area contributed by atoms with Gasteiger partial charge in [0.25, 0.3) is 0 Å². The second-order valence-electron chi connectivity index (χ2n) is 7.28. The first-order valence-corrected chi connectivity index (χ1v) is 10.3.